The van der Waals surface area contributed by atoms with E-state index in [-0.39, 0.29) is 6.61 Å². The number of amides is 1. The number of esters is 1. The Morgan fingerprint density at radius 3 is 2.85 bits per heavy atom. The molecule has 26 heavy (non-hydrogen) atoms. The Hall–Kier alpha value is -3.22. The van der Waals surface area contributed by atoms with Gasteiger partial charge in [-0.1, -0.05) is 24.3 Å². The molecule has 0 saturated carbocycles. The van der Waals surface area contributed by atoms with E-state index >= 15 is 0 Å². The number of hydrogen-bond acceptors (Lipinski definition) is 4. The van der Waals surface area contributed by atoms with Gasteiger partial charge < -0.3 is 9.30 Å². The molecule has 0 unspecified atom stereocenters. The van der Waals surface area contributed by atoms with Gasteiger partial charge in [0.2, 0.25) is 11.9 Å². The Labute approximate surface area is 148 Å². The number of hydrogen-bond donors (Lipinski definition) is 1. The number of nitrogens with zero attached hydrogens (tertiary/aromatic N) is 2. The second-order valence-corrected chi connectivity index (χ2v) is 6.01. The lowest BCUT2D eigenvalue weighted by Gasteiger charge is -2.32. The fourth-order valence-electron chi connectivity index (χ4n) is 3.39. The van der Waals surface area contributed by atoms with E-state index in [9.17, 15) is 14.0 Å². The Kier molecular flexibility index (Phi) is 3.91. The van der Waals surface area contributed by atoms with Crippen LogP contribution in [0.1, 0.15) is 18.5 Å². The highest BCUT2D eigenvalue weighted by Crippen LogP contribution is 2.38. The molecule has 1 aliphatic rings. The molecule has 0 bridgehead atoms. The number of halogens is 1. The molecular formula is C19H16FN3O3. The molecule has 1 aliphatic heterocycles. The minimum atomic E-state index is -1.14. The molecule has 0 fully saturated rings. The largest absolute Gasteiger partial charge is 0.465 e. The third kappa shape index (κ3) is 2.52. The molecule has 0 spiro atoms. The maximum absolute atomic E-state index is 13.9. The molecular weight excluding hydrogens is 337 g/mol. The summed E-state index contributed by atoms with van der Waals surface area (Å²) in [5.41, 5.74) is 1.92. The molecule has 7 heteroatoms. The molecule has 2 heterocycles. The third-order valence-corrected chi connectivity index (χ3v) is 4.44. The van der Waals surface area contributed by atoms with Crippen molar-refractivity contribution in [2.24, 2.45) is 5.92 Å². The van der Waals surface area contributed by atoms with Crippen molar-refractivity contribution in [1.29, 1.82) is 0 Å². The van der Waals surface area contributed by atoms with Crippen molar-refractivity contribution in [2.45, 2.75) is 13.0 Å². The minimum Gasteiger partial charge on any atom is -0.465 e. The van der Waals surface area contributed by atoms with Gasteiger partial charge >= 0.3 is 5.97 Å². The molecule has 0 aliphatic carbocycles. The second kappa shape index (κ2) is 6.25. The van der Waals surface area contributed by atoms with Crippen molar-refractivity contribution < 1.29 is 18.7 Å². The number of anilines is 1. The van der Waals surface area contributed by atoms with Gasteiger partial charge in [0.1, 0.15) is 5.82 Å². The topological polar surface area (TPSA) is 73.2 Å². The van der Waals surface area contributed by atoms with Crippen LogP contribution >= 0.6 is 0 Å². The first-order chi connectivity index (χ1) is 12.6. The van der Waals surface area contributed by atoms with Gasteiger partial charge in [-0.25, -0.2) is 9.37 Å². The highest BCUT2D eigenvalue weighted by atomic mass is 19.1. The molecule has 3 aromatic rings. The molecule has 6 nitrogen and oxygen atoms in total. The zero-order chi connectivity index (χ0) is 18.3. The normalized spacial score (nSPS) is 19.1. The molecule has 1 aromatic heterocycles. The summed E-state index contributed by atoms with van der Waals surface area (Å²) in [4.78, 5) is 29.6. The van der Waals surface area contributed by atoms with Gasteiger partial charge in [-0.15, -0.1) is 0 Å². The van der Waals surface area contributed by atoms with Crippen LogP contribution in [0.2, 0.25) is 0 Å². The van der Waals surface area contributed by atoms with Crippen molar-refractivity contribution in [3.63, 3.8) is 0 Å². The molecule has 1 N–H and O–H groups in total. The number of benzene rings is 2. The van der Waals surface area contributed by atoms with Crippen LogP contribution in [0.15, 0.2) is 48.5 Å². The third-order valence-electron chi connectivity index (χ3n) is 4.44. The summed E-state index contributed by atoms with van der Waals surface area (Å²) < 4.78 is 20.7. The maximum Gasteiger partial charge on any atom is 0.321 e. The number of aromatic nitrogens is 2. The number of para-hydroxylation sites is 2. The SMILES string of the molecule is CCOC(=O)[C@H]1C(=O)Nc2nc3ccccc3n2[C@H]1c1cccc(F)c1. The highest BCUT2D eigenvalue weighted by Gasteiger charge is 2.44. The first-order valence-corrected chi connectivity index (χ1v) is 8.30. The molecule has 132 valence electrons. The zero-order valence-electron chi connectivity index (χ0n) is 14.0. The predicted molar refractivity (Wildman–Crippen MR) is 93.0 cm³/mol. The monoisotopic (exact) mass is 353 g/mol. The number of fused-ring (bicyclic) bond motifs is 3. The van der Waals surface area contributed by atoms with Crippen molar-refractivity contribution in [1.82, 2.24) is 9.55 Å². The van der Waals surface area contributed by atoms with E-state index < -0.39 is 29.7 Å². The lowest BCUT2D eigenvalue weighted by atomic mass is 9.90. The van der Waals surface area contributed by atoms with Gasteiger partial charge in [-0.3, -0.25) is 14.9 Å². The number of rotatable bonds is 3. The average molecular weight is 353 g/mol. The van der Waals surface area contributed by atoms with Crippen molar-refractivity contribution >= 4 is 28.9 Å². The van der Waals surface area contributed by atoms with Gasteiger partial charge in [0, 0.05) is 0 Å². The Bertz CT molecular complexity index is 1010. The fourth-order valence-corrected chi connectivity index (χ4v) is 3.39. The van der Waals surface area contributed by atoms with Gasteiger partial charge in [0.05, 0.1) is 23.7 Å². The van der Waals surface area contributed by atoms with Crippen LogP contribution < -0.4 is 5.32 Å². The number of carbonyl (C=O) groups excluding carboxylic acids is 2. The molecule has 4 rings (SSSR count). The molecule has 2 atom stereocenters. The van der Waals surface area contributed by atoms with Crippen LogP contribution in [0.4, 0.5) is 10.3 Å². The Morgan fingerprint density at radius 2 is 2.08 bits per heavy atom. The van der Waals surface area contributed by atoms with E-state index in [2.05, 4.69) is 10.3 Å². The quantitative estimate of drug-likeness (QED) is 0.580. The molecule has 0 radical (unpaired) electrons. The van der Waals surface area contributed by atoms with Gasteiger partial charge in [-0.2, -0.15) is 0 Å². The summed E-state index contributed by atoms with van der Waals surface area (Å²) in [6.45, 7) is 1.82. The van der Waals surface area contributed by atoms with E-state index in [1.165, 1.54) is 12.1 Å². The summed E-state index contributed by atoms with van der Waals surface area (Å²) in [6, 6.07) is 12.5. The Balaban J connectivity index is 1.97. The predicted octanol–water partition coefficient (Wildman–Crippen LogP) is 2.90. The smallest absolute Gasteiger partial charge is 0.321 e. The van der Waals surface area contributed by atoms with Crippen LogP contribution in [0.5, 0.6) is 0 Å². The number of carbonyl (C=O) groups is 2. The van der Waals surface area contributed by atoms with Crippen LogP contribution in [-0.2, 0) is 14.3 Å². The van der Waals surface area contributed by atoms with Crippen LogP contribution in [0, 0.1) is 11.7 Å². The first-order valence-electron chi connectivity index (χ1n) is 8.30. The first kappa shape index (κ1) is 16.3. The van der Waals surface area contributed by atoms with Gasteiger partial charge in [0.15, 0.2) is 5.92 Å². The van der Waals surface area contributed by atoms with Gasteiger partial charge in [0.25, 0.3) is 0 Å². The maximum atomic E-state index is 13.9. The fraction of sp³-hybridized carbons (Fsp3) is 0.211. The lowest BCUT2D eigenvalue weighted by Crippen LogP contribution is -2.43. The minimum absolute atomic E-state index is 0.149. The van der Waals surface area contributed by atoms with Crippen molar-refractivity contribution in [3.8, 4) is 0 Å². The summed E-state index contributed by atoms with van der Waals surface area (Å²) in [6.07, 6.45) is 0. The summed E-state index contributed by atoms with van der Waals surface area (Å²) in [5, 5.41) is 2.67. The Morgan fingerprint density at radius 1 is 1.27 bits per heavy atom. The highest BCUT2D eigenvalue weighted by molar-refractivity contribution is 6.07. The number of imidazole rings is 1. The average Bonchev–Trinajstić information content (AvgIpc) is 2.98. The van der Waals surface area contributed by atoms with E-state index in [1.54, 1.807) is 23.6 Å². The van der Waals surface area contributed by atoms with E-state index in [1.807, 2.05) is 24.3 Å². The van der Waals surface area contributed by atoms with Crippen LogP contribution in [-0.4, -0.2) is 28.0 Å². The van der Waals surface area contributed by atoms with Crippen molar-refractivity contribution in [3.05, 3.63) is 59.9 Å². The van der Waals surface area contributed by atoms with Crippen LogP contribution in [0.25, 0.3) is 11.0 Å². The second-order valence-electron chi connectivity index (χ2n) is 6.01. The summed E-state index contributed by atoms with van der Waals surface area (Å²) >= 11 is 0. The summed E-state index contributed by atoms with van der Waals surface area (Å²) in [5.74, 6) is -2.42. The summed E-state index contributed by atoms with van der Waals surface area (Å²) in [7, 11) is 0. The molecule has 1 amide bonds. The molecule has 0 saturated heterocycles. The van der Waals surface area contributed by atoms with E-state index in [4.69, 9.17) is 4.74 Å². The number of nitrogens with one attached hydrogen (secondary N) is 1. The molecule has 2 aromatic carbocycles. The van der Waals surface area contributed by atoms with Crippen LogP contribution in [0.3, 0.4) is 0 Å². The zero-order valence-corrected chi connectivity index (χ0v) is 14.0. The van der Waals surface area contributed by atoms with E-state index in [0.29, 0.717) is 17.0 Å². The lowest BCUT2D eigenvalue weighted by molar-refractivity contribution is -0.152. The number of ether oxygens (including phenoxy) is 1. The van der Waals surface area contributed by atoms with Gasteiger partial charge in [-0.05, 0) is 36.8 Å². The van der Waals surface area contributed by atoms with Crippen molar-refractivity contribution in [2.75, 3.05) is 11.9 Å². The van der Waals surface area contributed by atoms with E-state index in [0.717, 1.165) is 5.52 Å². The standard InChI is InChI=1S/C19H16FN3O3/c1-2-26-18(25)15-16(11-6-5-7-12(20)10-11)23-14-9-4-3-8-13(14)21-19(23)22-17(15)24/h3-10,15-16H,2H2,1H3,(H,21,22,24)/t15-,16+/m1/s1.